The maximum Gasteiger partial charge on any atom is 0.511 e. The fourth-order valence-corrected chi connectivity index (χ4v) is 7.14. The molecule has 0 radical (unpaired) electrons. The number of aromatic nitrogens is 6. The second-order valence-corrected chi connectivity index (χ2v) is 14.2. The SMILES string of the molecule is CCCCc1nc(Cl)c(C(=O)OC(C)OC(=O)O[C@H]2COC3C2OC[C@@H]3OCCCCC(CO[N+](=O)[O-])O[N+](=O)[O-])n1Cc1ccc(-c2ccccc2-c2nn[nH]n2)cc1. The van der Waals surface area contributed by atoms with E-state index in [0.29, 0.717) is 30.9 Å². The molecular weight excluding hydrogens is 816 g/mol. The number of rotatable bonds is 22. The zero-order valence-electron chi connectivity index (χ0n) is 32.6. The first-order valence-corrected chi connectivity index (χ1v) is 19.6. The molecular formula is C37H43ClN8O14. The summed E-state index contributed by atoms with van der Waals surface area (Å²) >= 11 is 6.55. The van der Waals surface area contributed by atoms with Gasteiger partial charge in [-0.3, -0.25) is 0 Å². The van der Waals surface area contributed by atoms with Gasteiger partial charge in [-0.1, -0.05) is 73.5 Å². The smallest absolute Gasteiger partial charge is 0.426 e. The first-order valence-electron chi connectivity index (χ1n) is 19.2. The number of hydrogen-bond donors (Lipinski definition) is 1. The van der Waals surface area contributed by atoms with E-state index >= 15 is 0 Å². The number of esters is 1. The molecule has 2 saturated heterocycles. The van der Waals surface area contributed by atoms with Crippen LogP contribution in [-0.4, -0.2) is 116 Å². The molecule has 6 rings (SSSR count). The number of nitrogens with zero attached hydrogens (tertiary/aromatic N) is 7. The van der Waals surface area contributed by atoms with Gasteiger partial charge in [-0.15, -0.1) is 30.4 Å². The van der Waals surface area contributed by atoms with Gasteiger partial charge in [0, 0.05) is 32.1 Å². The number of aromatic amines is 1. The average Bonchev–Trinajstić information content (AvgIpc) is 4.03. The topological polar surface area (TPSA) is 267 Å². The quantitative estimate of drug-likeness (QED) is 0.0360. The van der Waals surface area contributed by atoms with Crippen LogP contribution in [-0.2, 0) is 51.1 Å². The molecule has 0 saturated carbocycles. The lowest BCUT2D eigenvalue weighted by Gasteiger charge is -2.19. The summed E-state index contributed by atoms with van der Waals surface area (Å²) in [5, 5.41) is 33.4. The van der Waals surface area contributed by atoms with E-state index in [9.17, 15) is 29.8 Å². The minimum Gasteiger partial charge on any atom is -0.426 e. The molecule has 22 nitrogen and oxygen atoms in total. The van der Waals surface area contributed by atoms with E-state index in [1.165, 1.54) is 6.92 Å². The predicted octanol–water partition coefficient (Wildman–Crippen LogP) is 4.94. The number of imidazole rings is 1. The molecule has 4 aromatic rings. The van der Waals surface area contributed by atoms with E-state index in [4.69, 9.17) is 40.0 Å². The Morgan fingerprint density at radius 3 is 2.42 bits per heavy atom. The highest BCUT2D eigenvalue weighted by molar-refractivity contribution is 6.32. The number of tetrazole rings is 1. The maximum atomic E-state index is 13.6. The van der Waals surface area contributed by atoms with Crippen molar-refractivity contribution in [2.45, 2.75) is 95.7 Å². The second kappa shape index (κ2) is 20.8. The molecule has 4 unspecified atom stereocenters. The van der Waals surface area contributed by atoms with Crippen LogP contribution in [0.25, 0.3) is 22.5 Å². The Morgan fingerprint density at radius 1 is 0.983 bits per heavy atom. The summed E-state index contributed by atoms with van der Waals surface area (Å²) in [7, 11) is 0. The zero-order valence-corrected chi connectivity index (χ0v) is 33.3. The Bertz CT molecular complexity index is 2070. The predicted molar refractivity (Wildman–Crippen MR) is 204 cm³/mol. The third-order valence-electron chi connectivity index (χ3n) is 9.67. The molecule has 2 aromatic carbocycles. The van der Waals surface area contributed by atoms with Crippen molar-refractivity contribution in [1.82, 2.24) is 30.2 Å². The van der Waals surface area contributed by atoms with E-state index in [2.05, 4.69) is 35.3 Å². The molecule has 2 fully saturated rings. The number of hydrogen-bond acceptors (Lipinski definition) is 18. The van der Waals surface area contributed by atoms with Crippen LogP contribution in [0.2, 0.25) is 5.15 Å². The van der Waals surface area contributed by atoms with Gasteiger partial charge in [0.05, 0.1) is 13.2 Å². The Kier molecular flexibility index (Phi) is 15.1. The molecule has 23 heteroatoms. The van der Waals surface area contributed by atoms with Crippen LogP contribution in [0.4, 0.5) is 4.79 Å². The average molecular weight is 859 g/mol. The molecule has 2 aliphatic rings. The van der Waals surface area contributed by atoms with E-state index < -0.39 is 65.7 Å². The van der Waals surface area contributed by atoms with Crippen LogP contribution >= 0.6 is 11.6 Å². The third-order valence-corrected chi connectivity index (χ3v) is 9.93. The monoisotopic (exact) mass is 858 g/mol. The second-order valence-electron chi connectivity index (χ2n) is 13.8. The van der Waals surface area contributed by atoms with Crippen molar-refractivity contribution in [2.75, 3.05) is 26.4 Å². The Labute approximate surface area is 346 Å². The molecule has 0 amide bonds. The summed E-state index contributed by atoms with van der Waals surface area (Å²) in [5.41, 5.74) is 3.52. The maximum absolute atomic E-state index is 13.6. The number of carbonyl (C=O) groups excluding carboxylic acids is 2. The molecule has 1 N–H and O–H groups in total. The van der Waals surface area contributed by atoms with Gasteiger partial charge >= 0.3 is 12.1 Å². The van der Waals surface area contributed by atoms with Gasteiger partial charge in [0.15, 0.2) is 17.0 Å². The van der Waals surface area contributed by atoms with Gasteiger partial charge in [-0.25, -0.2) is 14.6 Å². The largest absolute Gasteiger partial charge is 0.511 e. The van der Waals surface area contributed by atoms with Crippen LogP contribution in [0.5, 0.6) is 0 Å². The summed E-state index contributed by atoms with van der Waals surface area (Å²) in [5.74, 6) is 0.215. The van der Waals surface area contributed by atoms with E-state index in [0.717, 1.165) is 35.1 Å². The van der Waals surface area contributed by atoms with Crippen molar-refractivity contribution >= 4 is 23.7 Å². The number of nitrogens with one attached hydrogen (secondary N) is 1. The number of H-pyrrole nitrogens is 1. The normalized spacial score (nSPS) is 19.2. The van der Waals surface area contributed by atoms with Crippen molar-refractivity contribution in [1.29, 1.82) is 0 Å². The van der Waals surface area contributed by atoms with Crippen molar-refractivity contribution in [2.24, 2.45) is 0 Å². The fourth-order valence-electron chi connectivity index (χ4n) is 6.87. The molecule has 0 bridgehead atoms. The van der Waals surface area contributed by atoms with Crippen molar-refractivity contribution in [3.63, 3.8) is 0 Å². The molecule has 6 atom stereocenters. The highest BCUT2D eigenvalue weighted by Crippen LogP contribution is 2.32. The van der Waals surface area contributed by atoms with Gasteiger partial charge < -0.3 is 42.7 Å². The van der Waals surface area contributed by atoms with E-state index in [-0.39, 0.29) is 43.6 Å². The molecule has 0 spiro atoms. The highest BCUT2D eigenvalue weighted by Gasteiger charge is 2.50. The molecule has 60 heavy (non-hydrogen) atoms. The third kappa shape index (κ3) is 11.4. The first kappa shape index (κ1) is 43.6. The lowest BCUT2D eigenvalue weighted by Crippen LogP contribution is -2.36. The van der Waals surface area contributed by atoms with Gasteiger partial charge in [0.25, 0.3) is 10.2 Å². The van der Waals surface area contributed by atoms with E-state index in [1.807, 2.05) is 55.5 Å². The molecule has 2 aromatic heterocycles. The standard InChI is InChI=1S/C37H43ClN8O14/c1-3-4-12-30-39-34(38)31(44(30)18-23-13-15-24(16-14-23)26-10-5-6-11-27(26)35-40-42-43-41-35)36(47)57-22(2)58-37(48)59-29-21-55-32-28(20-54-33(29)32)53-17-8-7-9-25(60-46(51)52)19-56-45(49)50/h5-6,10-11,13-16,22,25,28-29,32-33H,3-4,7-9,12,17-21H2,1-2H3,(H,40,41,42,43)/t22?,25?,28-,29-,32?,33?/m0/s1. The number of ether oxygens (including phenoxy) is 6. The van der Waals surface area contributed by atoms with Gasteiger partial charge in [-0.2, -0.15) is 5.21 Å². The van der Waals surface area contributed by atoms with Crippen LogP contribution in [0.3, 0.4) is 0 Å². The lowest BCUT2D eigenvalue weighted by atomic mass is 9.98. The van der Waals surface area contributed by atoms with Gasteiger partial charge in [0.2, 0.25) is 12.1 Å². The minimum atomic E-state index is -1.37. The Hall–Kier alpha value is -5.97. The number of aryl methyl sites for hydroxylation is 1. The molecule has 4 heterocycles. The number of unbranched alkanes of at least 4 members (excludes halogenated alkanes) is 2. The van der Waals surface area contributed by atoms with Crippen LogP contribution in [0, 0.1) is 20.2 Å². The Balaban J connectivity index is 0.997. The van der Waals surface area contributed by atoms with Crippen LogP contribution < -0.4 is 0 Å². The summed E-state index contributed by atoms with van der Waals surface area (Å²) in [4.78, 5) is 60.6. The molecule has 0 aliphatic carbocycles. The number of carbonyl (C=O) groups is 2. The summed E-state index contributed by atoms with van der Waals surface area (Å²) in [6.07, 6.45) is -2.90. The number of halogens is 1. The zero-order chi connectivity index (χ0) is 42.6. The van der Waals surface area contributed by atoms with Crippen LogP contribution in [0.1, 0.15) is 67.8 Å². The van der Waals surface area contributed by atoms with Crippen molar-refractivity contribution < 1.29 is 57.9 Å². The summed E-state index contributed by atoms with van der Waals surface area (Å²) in [6.45, 7) is 3.46. The molecule has 322 valence electrons. The van der Waals surface area contributed by atoms with Gasteiger partial charge in [0.1, 0.15) is 36.8 Å². The van der Waals surface area contributed by atoms with Gasteiger partial charge in [-0.05, 0) is 47.6 Å². The molecule has 2 aliphatic heterocycles. The number of benzene rings is 2. The van der Waals surface area contributed by atoms with Crippen molar-refractivity contribution in [3.05, 3.63) is 91.0 Å². The number of fused-ring (bicyclic) bond motifs is 1. The summed E-state index contributed by atoms with van der Waals surface area (Å²) in [6, 6.07) is 15.5. The van der Waals surface area contributed by atoms with Crippen molar-refractivity contribution in [3.8, 4) is 22.5 Å². The lowest BCUT2D eigenvalue weighted by molar-refractivity contribution is -0.790. The van der Waals surface area contributed by atoms with Crippen LogP contribution in [0.15, 0.2) is 48.5 Å². The fraction of sp³-hybridized carbons (Fsp3) is 0.514. The first-order chi connectivity index (χ1) is 29.0. The minimum absolute atomic E-state index is 0.00353. The van der Waals surface area contributed by atoms with E-state index in [1.54, 1.807) is 4.57 Å². The summed E-state index contributed by atoms with van der Waals surface area (Å²) < 4.78 is 35.5. The Morgan fingerprint density at radius 2 is 1.72 bits per heavy atom. The highest BCUT2D eigenvalue weighted by atomic mass is 35.5.